The monoisotopic (exact) mass is 277 g/mol. The van der Waals surface area contributed by atoms with Crippen LogP contribution in [0.3, 0.4) is 0 Å². The van der Waals surface area contributed by atoms with E-state index in [0.717, 1.165) is 35.2 Å². The normalized spacial score (nSPS) is 14.2. The third-order valence-electron chi connectivity index (χ3n) is 3.92. The van der Waals surface area contributed by atoms with E-state index >= 15 is 0 Å². The molecule has 2 heteroatoms. The van der Waals surface area contributed by atoms with Gasteiger partial charge >= 0.3 is 0 Å². The Balaban J connectivity index is 2.18. The molecule has 2 aromatic rings. The van der Waals surface area contributed by atoms with Crippen molar-refractivity contribution in [3.63, 3.8) is 0 Å². The molecule has 106 valence electrons. The van der Waals surface area contributed by atoms with Crippen LogP contribution in [0, 0.1) is 13.8 Å². The molecule has 0 atom stereocenters. The molecule has 3 rings (SSSR count). The molecule has 1 heterocycles. The minimum absolute atomic E-state index is 0.0612. The summed E-state index contributed by atoms with van der Waals surface area (Å²) >= 11 is 0. The lowest BCUT2D eigenvalue weighted by Crippen LogP contribution is -2.15. The Morgan fingerprint density at radius 3 is 1.71 bits per heavy atom. The Bertz CT molecular complexity index is 646. The van der Waals surface area contributed by atoms with E-state index in [1.165, 1.54) is 11.1 Å². The quantitative estimate of drug-likeness (QED) is 0.835. The first-order chi connectivity index (χ1) is 10.1. The molecule has 1 amide bonds. The van der Waals surface area contributed by atoms with Gasteiger partial charge in [-0.15, -0.1) is 0 Å². The second-order valence-electron chi connectivity index (χ2n) is 5.59. The lowest BCUT2D eigenvalue weighted by atomic mass is 9.91. The van der Waals surface area contributed by atoms with Gasteiger partial charge in [0.2, 0.25) is 5.91 Å². The first kappa shape index (κ1) is 13.6. The molecule has 1 N–H and O–H groups in total. The largest absolute Gasteiger partial charge is 0.352 e. The van der Waals surface area contributed by atoms with Gasteiger partial charge in [-0.2, -0.15) is 0 Å². The van der Waals surface area contributed by atoms with Crippen molar-refractivity contribution in [3.05, 3.63) is 76.4 Å². The van der Waals surface area contributed by atoms with Gasteiger partial charge < -0.3 is 5.32 Å². The van der Waals surface area contributed by atoms with Crippen molar-refractivity contribution in [2.75, 3.05) is 6.54 Å². The Kier molecular flexibility index (Phi) is 3.61. The average molecular weight is 277 g/mol. The van der Waals surface area contributed by atoms with Crippen LogP contribution in [0.25, 0.3) is 5.57 Å². The number of carbonyl (C=O) groups excluding carboxylic acids is 1. The molecule has 21 heavy (non-hydrogen) atoms. The van der Waals surface area contributed by atoms with E-state index < -0.39 is 0 Å². The lowest BCUT2D eigenvalue weighted by Gasteiger charge is -2.12. The van der Waals surface area contributed by atoms with E-state index in [2.05, 4.69) is 67.7 Å². The summed E-state index contributed by atoms with van der Waals surface area (Å²) in [4.78, 5) is 12.1. The fourth-order valence-electron chi connectivity index (χ4n) is 2.72. The zero-order chi connectivity index (χ0) is 14.8. The Hall–Kier alpha value is -2.35. The number of hydrogen-bond acceptors (Lipinski definition) is 1. The lowest BCUT2D eigenvalue weighted by molar-refractivity contribution is -0.116. The van der Waals surface area contributed by atoms with Crippen molar-refractivity contribution < 1.29 is 4.79 Å². The van der Waals surface area contributed by atoms with Crippen molar-refractivity contribution in [2.24, 2.45) is 0 Å². The summed E-state index contributed by atoms with van der Waals surface area (Å²) in [5.41, 5.74) is 6.62. The first-order valence-corrected chi connectivity index (χ1v) is 7.30. The summed E-state index contributed by atoms with van der Waals surface area (Å²) in [6.07, 6.45) is 0.788. The molecule has 1 fully saturated rings. The number of rotatable bonds is 2. The topological polar surface area (TPSA) is 29.1 Å². The van der Waals surface area contributed by atoms with E-state index in [0.29, 0.717) is 0 Å². The predicted molar refractivity (Wildman–Crippen MR) is 86.0 cm³/mol. The highest BCUT2D eigenvalue weighted by Crippen LogP contribution is 2.30. The van der Waals surface area contributed by atoms with Gasteiger partial charge in [0.15, 0.2) is 0 Å². The standard InChI is InChI=1S/C19H19NO/c1-13-3-7-15(8-4-13)18(17-11-12-20-19(17)21)16-9-5-14(2)6-10-16/h3-10H,11-12H2,1-2H3,(H,20,21). The van der Waals surface area contributed by atoms with Gasteiger partial charge in [-0.25, -0.2) is 0 Å². The molecule has 0 radical (unpaired) electrons. The van der Waals surface area contributed by atoms with Crippen LogP contribution >= 0.6 is 0 Å². The molecular formula is C19H19NO. The fourth-order valence-corrected chi connectivity index (χ4v) is 2.72. The Morgan fingerprint density at radius 2 is 1.33 bits per heavy atom. The molecule has 0 aromatic heterocycles. The minimum atomic E-state index is 0.0612. The van der Waals surface area contributed by atoms with Crippen LogP contribution < -0.4 is 5.32 Å². The second kappa shape index (κ2) is 5.57. The van der Waals surface area contributed by atoms with Crippen LogP contribution in [-0.2, 0) is 4.79 Å². The molecule has 0 saturated carbocycles. The molecule has 1 saturated heterocycles. The van der Waals surface area contributed by atoms with Crippen LogP contribution in [0.15, 0.2) is 54.1 Å². The number of carbonyl (C=O) groups is 1. The van der Waals surface area contributed by atoms with E-state index in [-0.39, 0.29) is 5.91 Å². The van der Waals surface area contributed by atoms with Crippen molar-refractivity contribution in [1.82, 2.24) is 5.32 Å². The van der Waals surface area contributed by atoms with Gasteiger partial charge in [0.25, 0.3) is 0 Å². The first-order valence-electron chi connectivity index (χ1n) is 7.30. The summed E-state index contributed by atoms with van der Waals surface area (Å²) in [5, 5.41) is 2.92. The summed E-state index contributed by atoms with van der Waals surface area (Å²) < 4.78 is 0. The molecule has 0 spiro atoms. The number of benzene rings is 2. The van der Waals surface area contributed by atoms with E-state index in [1.807, 2.05) is 0 Å². The second-order valence-corrected chi connectivity index (χ2v) is 5.59. The smallest absolute Gasteiger partial charge is 0.247 e. The highest BCUT2D eigenvalue weighted by atomic mass is 16.2. The maximum absolute atomic E-state index is 12.1. The van der Waals surface area contributed by atoms with Gasteiger partial charge in [0.05, 0.1) is 0 Å². The highest BCUT2D eigenvalue weighted by Gasteiger charge is 2.22. The van der Waals surface area contributed by atoms with E-state index in [1.54, 1.807) is 0 Å². The van der Waals surface area contributed by atoms with Gasteiger partial charge in [0, 0.05) is 12.1 Å². The SMILES string of the molecule is Cc1ccc(C(=C2CCNC2=O)c2ccc(C)cc2)cc1. The van der Waals surface area contributed by atoms with Gasteiger partial charge in [-0.1, -0.05) is 59.7 Å². The van der Waals surface area contributed by atoms with Gasteiger partial charge in [-0.3, -0.25) is 4.79 Å². The minimum Gasteiger partial charge on any atom is -0.352 e. The van der Waals surface area contributed by atoms with Crippen LogP contribution in [0.5, 0.6) is 0 Å². The van der Waals surface area contributed by atoms with Gasteiger partial charge in [-0.05, 0) is 37.0 Å². The maximum atomic E-state index is 12.1. The molecular weight excluding hydrogens is 258 g/mol. The molecule has 1 aliphatic rings. The van der Waals surface area contributed by atoms with Crippen molar-refractivity contribution >= 4 is 11.5 Å². The predicted octanol–water partition coefficient (Wildman–Crippen LogP) is 3.63. The number of aryl methyl sites for hydroxylation is 2. The molecule has 0 bridgehead atoms. The van der Waals surface area contributed by atoms with Crippen LogP contribution in [-0.4, -0.2) is 12.5 Å². The Morgan fingerprint density at radius 1 is 0.857 bits per heavy atom. The number of amides is 1. The van der Waals surface area contributed by atoms with Gasteiger partial charge in [0.1, 0.15) is 0 Å². The van der Waals surface area contributed by atoms with E-state index in [4.69, 9.17) is 0 Å². The third-order valence-corrected chi connectivity index (χ3v) is 3.92. The molecule has 0 unspecified atom stereocenters. The molecule has 1 aliphatic heterocycles. The highest BCUT2D eigenvalue weighted by molar-refractivity contribution is 6.06. The Labute approximate surface area is 125 Å². The van der Waals surface area contributed by atoms with Crippen molar-refractivity contribution in [3.8, 4) is 0 Å². The number of nitrogens with one attached hydrogen (secondary N) is 1. The molecule has 0 aliphatic carbocycles. The van der Waals surface area contributed by atoms with Crippen LogP contribution in [0.2, 0.25) is 0 Å². The fraction of sp³-hybridized carbons (Fsp3) is 0.211. The summed E-state index contributed by atoms with van der Waals surface area (Å²) in [6, 6.07) is 16.8. The molecule has 2 aromatic carbocycles. The number of hydrogen-bond donors (Lipinski definition) is 1. The van der Waals surface area contributed by atoms with Crippen molar-refractivity contribution in [1.29, 1.82) is 0 Å². The zero-order valence-electron chi connectivity index (χ0n) is 12.4. The summed E-state index contributed by atoms with van der Waals surface area (Å²) in [7, 11) is 0. The van der Waals surface area contributed by atoms with E-state index in [9.17, 15) is 4.79 Å². The third kappa shape index (κ3) is 2.75. The van der Waals surface area contributed by atoms with Crippen molar-refractivity contribution in [2.45, 2.75) is 20.3 Å². The maximum Gasteiger partial charge on any atom is 0.247 e. The molecule has 2 nitrogen and oxygen atoms in total. The zero-order valence-corrected chi connectivity index (χ0v) is 12.4. The van der Waals surface area contributed by atoms with Crippen LogP contribution in [0.1, 0.15) is 28.7 Å². The average Bonchev–Trinajstić information content (AvgIpc) is 2.90. The van der Waals surface area contributed by atoms with Crippen LogP contribution in [0.4, 0.5) is 0 Å². The summed E-state index contributed by atoms with van der Waals surface area (Å²) in [6.45, 7) is 4.88. The summed E-state index contributed by atoms with van der Waals surface area (Å²) in [5.74, 6) is 0.0612.